The number of halogens is 1. The Balaban J connectivity index is 2.39. The van der Waals surface area contributed by atoms with Gasteiger partial charge in [0.2, 0.25) is 5.78 Å². The summed E-state index contributed by atoms with van der Waals surface area (Å²) in [5.41, 5.74) is 0.531. The lowest BCUT2D eigenvalue weighted by atomic mass is 10.1. The molecule has 0 aliphatic rings. The molecule has 0 bridgehead atoms. The minimum atomic E-state index is -0.575. The van der Waals surface area contributed by atoms with Gasteiger partial charge in [-0.3, -0.25) is 4.79 Å². The Labute approximate surface area is 96.8 Å². The van der Waals surface area contributed by atoms with Crippen LogP contribution in [0.4, 0.5) is 4.39 Å². The molecule has 0 aliphatic carbocycles. The van der Waals surface area contributed by atoms with E-state index in [1.807, 2.05) is 0 Å². The molecule has 0 aliphatic heterocycles. The van der Waals surface area contributed by atoms with E-state index in [0.717, 1.165) is 6.07 Å². The van der Waals surface area contributed by atoms with E-state index in [2.05, 4.69) is 10.3 Å². The molecule has 1 aromatic heterocycles. The summed E-state index contributed by atoms with van der Waals surface area (Å²) in [7, 11) is 2.96. The number of nitrogens with zero attached hydrogens (tertiary/aromatic N) is 3. The lowest BCUT2D eigenvalue weighted by Crippen LogP contribution is -2.08. The first-order valence-electron chi connectivity index (χ1n) is 4.86. The first-order valence-corrected chi connectivity index (χ1v) is 4.86. The minimum Gasteiger partial charge on any atom is -0.494 e. The summed E-state index contributed by atoms with van der Waals surface area (Å²) in [6.45, 7) is 0. The van der Waals surface area contributed by atoms with Crippen molar-refractivity contribution in [2.24, 2.45) is 7.05 Å². The predicted molar refractivity (Wildman–Crippen MR) is 57.4 cm³/mol. The van der Waals surface area contributed by atoms with Crippen LogP contribution in [0.5, 0.6) is 5.75 Å². The molecule has 17 heavy (non-hydrogen) atoms. The number of hydrogen-bond donors (Lipinski definition) is 0. The Bertz CT molecular complexity index is 566. The SMILES string of the molecule is COc1ccc(C(=O)c2cnnn2C)cc1F. The van der Waals surface area contributed by atoms with Crippen LogP contribution in [0.15, 0.2) is 24.4 Å². The highest BCUT2D eigenvalue weighted by molar-refractivity contribution is 6.07. The predicted octanol–water partition coefficient (Wildman–Crippen LogP) is 1.19. The number of ether oxygens (including phenoxy) is 1. The molecule has 2 rings (SSSR count). The van der Waals surface area contributed by atoms with E-state index in [9.17, 15) is 9.18 Å². The summed E-state index contributed by atoms with van der Waals surface area (Å²) in [4.78, 5) is 12.0. The van der Waals surface area contributed by atoms with E-state index >= 15 is 0 Å². The second kappa shape index (κ2) is 4.32. The van der Waals surface area contributed by atoms with Crippen molar-refractivity contribution in [3.8, 4) is 5.75 Å². The van der Waals surface area contributed by atoms with Gasteiger partial charge in [-0.05, 0) is 18.2 Å². The number of aromatic nitrogens is 3. The number of rotatable bonds is 3. The van der Waals surface area contributed by atoms with Gasteiger partial charge in [0.05, 0.1) is 13.3 Å². The fourth-order valence-electron chi connectivity index (χ4n) is 1.45. The van der Waals surface area contributed by atoms with Crippen LogP contribution in [0.1, 0.15) is 16.1 Å². The van der Waals surface area contributed by atoms with Gasteiger partial charge in [0.15, 0.2) is 11.6 Å². The molecular formula is C11H10FN3O2. The van der Waals surface area contributed by atoms with Crippen molar-refractivity contribution >= 4 is 5.78 Å². The lowest BCUT2D eigenvalue weighted by Gasteiger charge is -2.04. The molecule has 1 heterocycles. The number of aryl methyl sites for hydroxylation is 1. The Hall–Kier alpha value is -2.24. The lowest BCUT2D eigenvalue weighted by molar-refractivity contribution is 0.103. The van der Waals surface area contributed by atoms with Crippen molar-refractivity contribution in [1.29, 1.82) is 0 Å². The van der Waals surface area contributed by atoms with Crippen LogP contribution < -0.4 is 4.74 Å². The molecular weight excluding hydrogens is 225 g/mol. The van der Waals surface area contributed by atoms with Crippen LogP contribution in [-0.2, 0) is 7.05 Å². The van der Waals surface area contributed by atoms with Crippen LogP contribution in [0.3, 0.4) is 0 Å². The van der Waals surface area contributed by atoms with Crippen LogP contribution in [0.2, 0.25) is 0 Å². The number of carbonyl (C=O) groups excluding carboxylic acids is 1. The van der Waals surface area contributed by atoms with E-state index in [1.54, 1.807) is 7.05 Å². The summed E-state index contributed by atoms with van der Waals surface area (Å²) in [6.07, 6.45) is 1.34. The Morgan fingerprint density at radius 3 is 2.76 bits per heavy atom. The van der Waals surface area contributed by atoms with Crippen molar-refractivity contribution in [1.82, 2.24) is 15.0 Å². The van der Waals surface area contributed by atoms with Gasteiger partial charge in [-0.1, -0.05) is 5.21 Å². The van der Waals surface area contributed by atoms with Crippen molar-refractivity contribution in [2.75, 3.05) is 7.11 Å². The van der Waals surface area contributed by atoms with Gasteiger partial charge < -0.3 is 4.74 Å². The topological polar surface area (TPSA) is 57.0 Å². The van der Waals surface area contributed by atoms with E-state index in [4.69, 9.17) is 4.74 Å². The average Bonchev–Trinajstić information content (AvgIpc) is 2.74. The third-order valence-corrected chi connectivity index (χ3v) is 2.36. The standard InChI is InChI=1S/C11H10FN3O2/c1-15-9(6-13-14-15)11(16)7-3-4-10(17-2)8(12)5-7/h3-6H,1-2H3. The van der Waals surface area contributed by atoms with Crippen LogP contribution in [-0.4, -0.2) is 27.9 Å². The number of methoxy groups -OCH3 is 1. The number of benzene rings is 1. The third-order valence-electron chi connectivity index (χ3n) is 2.36. The Morgan fingerprint density at radius 1 is 1.47 bits per heavy atom. The summed E-state index contributed by atoms with van der Waals surface area (Å²) < 4.78 is 19.6. The van der Waals surface area contributed by atoms with Gasteiger partial charge >= 0.3 is 0 Å². The zero-order chi connectivity index (χ0) is 12.4. The summed E-state index contributed by atoms with van der Waals surface area (Å²) in [5.74, 6) is -0.808. The van der Waals surface area contributed by atoms with Gasteiger partial charge in [0, 0.05) is 12.6 Å². The number of hydrogen-bond acceptors (Lipinski definition) is 4. The molecule has 0 amide bonds. The molecule has 0 atom stereocenters. The highest BCUT2D eigenvalue weighted by atomic mass is 19.1. The Morgan fingerprint density at radius 2 is 2.24 bits per heavy atom. The first kappa shape index (κ1) is 11.3. The minimum absolute atomic E-state index is 0.102. The summed E-state index contributed by atoms with van der Waals surface area (Å²) >= 11 is 0. The molecule has 2 aromatic rings. The molecule has 0 spiro atoms. The second-order valence-corrected chi connectivity index (χ2v) is 3.42. The van der Waals surface area contributed by atoms with Gasteiger partial charge in [-0.15, -0.1) is 5.10 Å². The first-order chi connectivity index (χ1) is 8.13. The maximum Gasteiger partial charge on any atom is 0.212 e. The van der Waals surface area contributed by atoms with Crippen molar-refractivity contribution < 1.29 is 13.9 Å². The highest BCUT2D eigenvalue weighted by Gasteiger charge is 2.15. The second-order valence-electron chi connectivity index (χ2n) is 3.42. The molecule has 6 heteroatoms. The largest absolute Gasteiger partial charge is 0.494 e. The zero-order valence-electron chi connectivity index (χ0n) is 9.35. The van der Waals surface area contributed by atoms with Crippen LogP contribution >= 0.6 is 0 Å². The maximum atomic E-state index is 13.4. The normalized spacial score (nSPS) is 10.3. The summed E-state index contributed by atoms with van der Waals surface area (Å²) in [5, 5.41) is 7.24. The van der Waals surface area contributed by atoms with E-state index in [1.165, 1.54) is 30.1 Å². The fraction of sp³-hybridized carbons (Fsp3) is 0.182. The van der Waals surface area contributed by atoms with E-state index in [-0.39, 0.29) is 17.1 Å². The third kappa shape index (κ3) is 2.01. The monoisotopic (exact) mass is 235 g/mol. The molecule has 0 saturated carbocycles. The summed E-state index contributed by atoms with van der Waals surface area (Å²) in [6, 6.07) is 4.04. The Kier molecular flexibility index (Phi) is 2.86. The quantitative estimate of drug-likeness (QED) is 0.750. The number of carbonyl (C=O) groups is 1. The van der Waals surface area contributed by atoms with Gasteiger partial charge in [-0.25, -0.2) is 9.07 Å². The molecule has 0 radical (unpaired) electrons. The van der Waals surface area contributed by atoms with Crippen LogP contribution in [0, 0.1) is 5.82 Å². The van der Waals surface area contributed by atoms with Gasteiger partial charge in [0.25, 0.3) is 0 Å². The molecule has 0 N–H and O–H groups in total. The van der Waals surface area contributed by atoms with E-state index < -0.39 is 5.82 Å². The molecule has 88 valence electrons. The molecule has 0 unspecified atom stereocenters. The molecule has 1 aromatic carbocycles. The number of ketones is 1. The zero-order valence-corrected chi connectivity index (χ0v) is 9.35. The maximum absolute atomic E-state index is 13.4. The molecule has 5 nitrogen and oxygen atoms in total. The van der Waals surface area contributed by atoms with Crippen molar-refractivity contribution in [2.45, 2.75) is 0 Å². The smallest absolute Gasteiger partial charge is 0.212 e. The fourth-order valence-corrected chi connectivity index (χ4v) is 1.45. The molecule has 0 saturated heterocycles. The van der Waals surface area contributed by atoms with Crippen molar-refractivity contribution in [3.63, 3.8) is 0 Å². The average molecular weight is 235 g/mol. The van der Waals surface area contributed by atoms with E-state index in [0.29, 0.717) is 5.69 Å². The van der Waals surface area contributed by atoms with Gasteiger partial charge in [-0.2, -0.15) is 0 Å². The van der Waals surface area contributed by atoms with Crippen molar-refractivity contribution in [3.05, 3.63) is 41.5 Å². The van der Waals surface area contributed by atoms with Crippen LogP contribution in [0.25, 0.3) is 0 Å². The highest BCUT2D eigenvalue weighted by Crippen LogP contribution is 2.19. The van der Waals surface area contributed by atoms with Gasteiger partial charge in [0.1, 0.15) is 5.69 Å². The molecule has 0 fully saturated rings.